The fraction of sp³-hybridized carbons (Fsp3) is 0.448. The lowest BCUT2D eigenvalue weighted by Gasteiger charge is -2.44. The Morgan fingerprint density at radius 2 is 1.86 bits per heavy atom. The molecule has 2 aliphatic rings. The van der Waals surface area contributed by atoms with Crippen LogP contribution in [0.15, 0.2) is 54.6 Å². The van der Waals surface area contributed by atoms with Crippen molar-refractivity contribution in [3.05, 3.63) is 71.4 Å². The van der Waals surface area contributed by atoms with Gasteiger partial charge in [0.15, 0.2) is 0 Å². The van der Waals surface area contributed by atoms with E-state index in [1.54, 1.807) is 14.2 Å². The molecule has 6 nitrogen and oxygen atoms in total. The van der Waals surface area contributed by atoms with E-state index in [-0.39, 0.29) is 29.4 Å². The second-order valence-corrected chi connectivity index (χ2v) is 10.2. The van der Waals surface area contributed by atoms with E-state index in [0.29, 0.717) is 0 Å². The molecule has 2 aromatic carbocycles. The Bertz CT molecular complexity index is 1220. The van der Waals surface area contributed by atoms with E-state index in [1.165, 1.54) is 11.1 Å². The molecule has 0 radical (unpaired) electrons. The van der Waals surface area contributed by atoms with Gasteiger partial charge in [-0.25, -0.2) is 4.98 Å². The molecule has 1 aliphatic carbocycles. The van der Waals surface area contributed by atoms with E-state index in [2.05, 4.69) is 52.7 Å². The summed E-state index contributed by atoms with van der Waals surface area (Å²) in [6.45, 7) is 6.57. The predicted octanol–water partition coefficient (Wildman–Crippen LogP) is 4.62. The maximum Gasteiger partial charge on any atom is 0.223 e. The van der Waals surface area contributed by atoms with Gasteiger partial charge in [-0.05, 0) is 49.2 Å². The summed E-state index contributed by atoms with van der Waals surface area (Å²) < 4.78 is 11.7. The Hall–Kier alpha value is -2.96. The molecular weight excluding hydrogens is 438 g/mol. The molecule has 1 amide bonds. The highest BCUT2D eigenvalue weighted by Crippen LogP contribution is 2.52. The number of fused-ring (bicyclic) bond motifs is 3. The number of hydrogen-bond acceptors (Lipinski definition) is 5. The first kappa shape index (κ1) is 23.8. The van der Waals surface area contributed by atoms with Crippen LogP contribution in [0.5, 0.6) is 5.75 Å². The summed E-state index contributed by atoms with van der Waals surface area (Å²) >= 11 is 0. The van der Waals surface area contributed by atoms with Gasteiger partial charge in [0.05, 0.1) is 24.9 Å². The van der Waals surface area contributed by atoms with Crippen LogP contribution in [0.25, 0.3) is 10.9 Å². The van der Waals surface area contributed by atoms with Gasteiger partial charge >= 0.3 is 0 Å². The van der Waals surface area contributed by atoms with Crippen molar-refractivity contribution in [3.8, 4) is 5.75 Å². The summed E-state index contributed by atoms with van der Waals surface area (Å²) in [5.41, 5.74) is 4.39. The molecule has 5 rings (SSSR count). The summed E-state index contributed by atoms with van der Waals surface area (Å²) in [6, 6.07) is 18.7. The van der Waals surface area contributed by atoms with Gasteiger partial charge < -0.3 is 14.8 Å². The Kier molecular flexibility index (Phi) is 6.51. The molecule has 0 saturated carbocycles. The topological polar surface area (TPSA) is 63.7 Å². The zero-order valence-electron chi connectivity index (χ0n) is 21.1. The van der Waals surface area contributed by atoms with Crippen LogP contribution in [0.4, 0.5) is 0 Å². The molecule has 3 aromatic rings. The number of ether oxygens (including phenoxy) is 2. The lowest BCUT2D eigenvalue weighted by Crippen LogP contribution is -2.50. The zero-order valence-corrected chi connectivity index (χ0v) is 21.1. The summed E-state index contributed by atoms with van der Waals surface area (Å²) in [5.74, 6) is 0.812. The Morgan fingerprint density at radius 3 is 2.57 bits per heavy atom. The Balaban J connectivity index is 1.36. The number of carbonyl (C=O) groups is 1. The monoisotopic (exact) mass is 473 g/mol. The molecule has 1 spiro atoms. The van der Waals surface area contributed by atoms with E-state index in [4.69, 9.17) is 14.5 Å². The lowest BCUT2D eigenvalue weighted by atomic mass is 9.72. The maximum atomic E-state index is 12.6. The number of piperidine rings is 1. The molecule has 0 bridgehead atoms. The molecule has 184 valence electrons. The number of benzene rings is 2. The molecule has 1 aromatic heterocycles. The third-order valence-electron chi connectivity index (χ3n) is 7.85. The predicted molar refractivity (Wildman–Crippen MR) is 137 cm³/mol. The maximum absolute atomic E-state index is 12.6. The van der Waals surface area contributed by atoms with Crippen LogP contribution < -0.4 is 10.1 Å². The van der Waals surface area contributed by atoms with Crippen molar-refractivity contribution in [1.29, 1.82) is 0 Å². The Morgan fingerprint density at radius 1 is 1.09 bits per heavy atom. The normalized spacial score (nSPS) is 21.4. The van der Waals surface area contributed by atoms with Crippen molar-refractivity contribution in [3.63, 3.8) is 0 Å². The van der Waals surface area contributed by atoms with Crippen molar-refractivity contribution in [2.45, 2.75) is 50.8 Å². The number of nitrogens with one attached hydrogen (secondary N) is 1. The third-order valence-corrected chi connectivity index (χ3v) is 7.85. The van der Waals surface area contributed by atoms with E-state index in [1.807, 2.05) is 26.0 Å². The molecule has 1 fully saturated rings. The highest BCUT2D eigenvalue weighted by atomic mass is 16.5. The summed E-state index contributed by atoms with van der Waals surface area (Å²) in [7, 11) is 3.47. The van der Waals surface area contributed by atoms with Gasteiger partial charge in [-0.15, -0.1) is 0 Å². The first-order chi connectivity index (χ1) is 17.0. The average molecular weight is 474 g/mol. The van der Waals surface area contributed by atoms with Gasteiger partial charge in [0.2, 0.25) is 5.91 Å². The number of pyridine rings is 1. The SMILES string of the molecule is COc1cccc2ccc(CN3CCC4(CC3)c3ccccc3[C@H](NC(=O)C(C)C)[C@H]4OC)nc12. The van der Waals surface area contributed by atoms with Gasteiger partial charge in [0, 0.05) is 30.4 Å². The van der Waals surface area contributed by atoms with E-state index < -0.39 is 0 Å². The van der Waals surface area contributed by atoms with Crippen LogP contribution in [-0.4, -0.2) is 49.2 Å². The minimum Gasteiger partial charge on any atom is -0.494 e. The molecule has 1 saturated heterocycles. The quantitative estimate of drug-likeness (QED) is 0.566. The zero-order chi connectivity index (χ0) is 24.6. The van der Waals surface area contributed by atoms with Crippen LogP contribution in [0.3, 0.4) is 0 Å². The van der Waals surface area contributed by atoms with Crippen molar-refractivity contribution >= 4 is 16.8 Å². The van der Waals surface area contributed by atoms with Crippen LogP contribution in [-0.2, 0) is 21.5 Å². The van der Waals surface area contributed by atoms with Crippen molar-refractivity contribution < 1.29 is 14.3 Å². The van der Waals surface area contributed by atoms with Crippen LogP contribution in [0, 0.1) is 5.92 Å². The van der Waals surface area contributed by atoms with Crippen molar-refractivity contribution in [1.82, 2.24) is 15.2 Å². The number of nitrogens with zero attached hydrogens (tertiary/aromatic N) is 2. The molecule has 2 heterocycles. The minimum atomic E-state index is -0.118. The highest BCUT2D eigenvalue weighted by Gasteiger charge is 2.54. The fourth-order valence-corrected chi connectivity index (χ4v) is 6.00. The molecule has 1 aliphatic heterocycles. The molecule has 35 heavy (non-hydrogen) atoms. The number of aromatic nitrogens is 1. The number of rotatable bonds is 6. The standard InChI is InChI=1S/C29H35N3O3/c1-19(2)28(33)31-26-22-9-5-6-10-23(22)29(27(26)35-4)14-16-32(17-15-29)18-21-13-12-20-8-7-11-24(34-3)25(20)30-21/h5-13,19,26-27H,14-18H2,1-4H3,(H,31,33)/t26-,27+/m0/s1. The second kappa shape index (κ2) is 9.59. The number of amides is 1. The lowest BCUT2D eigenvalue weighted by molar-refractivity contribution is -0.126. The van der Waals surface area contributed by atoms with Crippen molar-refractivity contribution in [2.75, 3.05) is 27.3 Å². The number of likely N-dealkylation sites (tertiary alicyclic amines) is 1. The fourth-order valence-electron chi connectivity index (χ4n) is 6.00. The number of para-hydroxylation sites is 1. The van der Waals surface area contributed by atoms with Gasteiger partial charge in [0.25, 0.3) is 0 Å². The van der Waals surface area contributed by atoms with Crippen LogP contribution in [0.1, 0.15) is 49.6 Å². The molecule has 1 N–H and O–H groups in total. The molecular formula is C29H35N3O3. The van der Waals surface area contributed by atoms with E-state index >= 15 is 0 Å². The summed E-state index contributed by atoms with van der Waals surface area (Å²) in [6.07, 6.45) is 1.88. The van der Waals surface area contributed by atoms with Gasteiger partial charge in [0.1, 0.15) is 11.3 Å². The molecule has 2 atom stereocenters. The number of hydrogen-bond donors (Lipinski definition) is 1. The number of methoxy groups -OCH3 is 2. The summed E-state index contributed by atoms with van der Waals surface area (Å²) in [5, 5.41) is 4.38. The number of carbonyl (C=O) groups excluding carboxylic acids is 1. The second-order valence-electron chi connectivity index (χ2n) is 10.2. The molecule has 0 unspecified atom stereocenters. The van der Waals surface area contributed by atoms with E-state index in [9.17, 15) is 4.79 Å². The van der Waals surface area contributed by atoms with Gasteiger partial charge in [-0.1, -0.05) is 56.3 Å². The Labute approximate surface area is 207 Å². The third kappa shape index (κ3) is 4.19. The highest BCUT2D eigenvalue weighted by molar-refractivity contribution is 5.84. The molecule has 6 heteroatoms. The van der Waals surface area contributed by atoms with Crippen LogP contribution >= 0.6 is 0 Å². The van der Waals surface area contributed by atoms with Crippen molar-refractivity contribution in [2.24, 2.45) is 5.92 Å². The first-order valence-electron chi connectivity index (χ1n) is 12.5. The van der Waals surface area contributed by atoms with Gasteiger partial charge in [-0.2, -0.15) is 0 Å². The van der Waals surface area contributed by atoms with E-state index in [0.717, 1.165) is 54.8 Å². The first-order valence-corrected chi connectivity index (χ1v) is 12.5. The smallest absolute Gasteiger partial charge is 0.223 e. The van der Waals surface area contributed by atoms with Crippen LogP contribution in [0.2, 0.25) is 0 Å². The minimum absolute atomic E-state index is 0.0638. The van der Waals surface area contributed by atoms with Gasteiger partial charge in [-0.3, -0.25) is 9.69 Å². The summed E-state index contributed by atoms with van der Waals surface area (Å²) in [4.78, 5) is 20.0. The average Bonchev–Trinajstić information content (AvgIpc) is 3.13. The largest absolute Gasteiger partial charge is 0.494 e.